The first-order chi connectivity index (χ1) is 10.2. The standard InChI is InChI=1S/C15H30N4O2/c1-4-12(3)19-14(20)8-9-17-15(16-5-2)18-11-13-7-6-10-21-13/h12-13H,4-11H2,1-3H3,(H,19,20)(H2,16,17,18). The average molecular weight is 298 g/mol. The van der Waals surface area contributed by atoms with Crippen LogP contribution in [0, 0.1) is 0 Å². The van der Waals surface area contributed by atoms with Crippen molar-refractivity contribution in [3.8, 4) is 0 Å². The molecule has 21 heavy (non-hydrogen) atoms. The maximum atomic E-state index is 11.7. The summed E-state index contributed by atoms with van der Waals surface area (Å²) < 4.78 is 5.55. The predicted octanol–water partition coefficient (Wildman–Crippen LogP) is 1.03. The molecule has 1 aliphatic rings. The van der Waals surface area contributed by atoms with Crippen LogP contribution >= 0.6 is 0 Å². The Morgan fingerprint density at radius 1 is 1.38 bits per heavy atom. The largest absolute Gasteiger partial charge is 0.376 e. The van der Waals surface area contributed by atoms with E-state index in [-0.39, 0.29) is 18.1 Å². The number of aliphatic imine (C=N–C) groups is 1. The third-order valence-corrected chi connectivity index (χ3v) is 3.49. The fourth-order valence-electron chi connectivity index (χ4n) is 2.07. The number of carbonyl (C=O) groups is 1. The van der Waals surface area contributed by atoms with Gasteiger partial charge in [-0.1, -0.05) is 6.92 Å². The van der Waals surface area contributed by atoms with Gasteiger partial charge in [0, 0.05) is 32.2 Å². The van der Waals surface area contributed by atoms with Gasteiger partial charge in [-0.2, -0.15) is 0 Å². The Balaban J connectivity index is 2.26. The van der Waals surface area contributed by atoms with Crippen molar-refractivity contribution >= 4 is 11.9 Å². The molecule has 6 nitrogen and oxygen atoms in total. The summed E-state index contributed by atoms with van der Waals surface area (Å²) in [6, 6.07) is 0.235. The van der Waals surface area contributed by atoms with E-state index >= 15 is 0 Å². The van der Waals surface area contributed by atoms with E-state index in [0.29, 0.717) is 19.5 Å². The minimum absolute atomic E-state index is 0.0758. The summed E-state index contributed by atoms with van der Waals surface area (Å²) in [5.74, 6) is 0.830. The van der Waals surface area contributed by atoms with Crippen molar-refractivity contribution in [1.29, 1.82) is 0 Å². The summed E-state index contributed by atoms with van der Waals surface area (Å²) in [5.41, 5.74) is 0. The zero-order valence-corrected chi connectivity index (χ0v) is 13.6. The summed E-state index contributed by atoms with van der Waals surface area (Å²) >= 11 is 0. The number of carbonyl (C=O) groups excluding carboxylic acids is 1. The van der Waals surface area contributed by atoms with Crippen LogP contribution in [0.5, 0.6) is 0 Å². The summed E-state index contributed by atoms with van der Waals surface area (Å²) in [6.07, 6.45) is 3.86. The van der Waals surface area contributed by atoms with Gasteiger partial charge < -0.3 is 20.7 Å². The van der Waals surface area contributed by atoms with E-state index in [1.165, 1.54) is 0 Å². The molecule has 0 spiro atoms. The highest BCUT2D eigenvalue weighted by Crippen LogP contribution is 2.11. The molecule has 0 bridgehead atoms. The van der Waals surface area contributed by atoms with E-state index < -0.39 is 0 Å². The van der Waals surface area contributed by atoms with Gasteiger partial charge in [-0.25, -0.2) is 0 Å². The van der Waals surface area contributed by atoms with Crippen LogP contribution in [0.3, 0.4) is 0 Å². The van der Waals surface area contributed by atoms with Gasteiger partial charge in [0.1, 0.15) is 0 Å². The summed E-state index contributed by atoms with van der Waals surface area (Å²) in [4.78, 5) is 16.2. The van der Waals surface area contributed by atoms with E-state index in [0.717, 1.165) is 38.4 Å². The van der Waals surface area contributed by atoms with E-state index in [4.69, 9.17) is 4.74 Å². The number of hydrogen-bond acceptors (Lipinski definition) is 3. The Labute approximate surface area is 128 Å². The molecule has 1 heterocycles. The highest BCUT2D eigenvalue weighted by Gasteiger charge is 2.14. The molecule has 0 radical (unpaired) electrons. The number of amides is 1. The number of guanidine groups is 1. The SMILES string of the molecule is CCNC(=NCC1CCCO1)NCCC(=O)NC(C)CC. The van der Waals surface area contributed by atoms with Crippen molar-refractivity contribution in [2.75, 3.05) is 26.2 Å². The van der Waals surface area contributed by atoms with Gasteiger partial charge in [-0.3, -0.25) is 9.79 Å². The zero-order chi connectivity index (χ0) is 15.5. The second-order valence-corrected chi connectivity index (χ2v) is 5.41. The minimum atomic E-state index is 0.0758. The molecular formula is C15H30N4O2. The zero-order valence-electron chi connectivity index (χ0n) is 13.6. The monoisotopic (exact) mass is 298 g/mol. The molecule has 0 aromatic heterocycles. The number of nitrogens with zero attached hydrogens (tertiary/aromatic N) is 1. The highest BCUT2D eigenvalue weighted by atomic mass is 16.5. The Hall–Kier alpha value is -1.30. The lowest BCUT2D eigenvalue weighted by atomic mass is 10.2. The topological polar surface area (TPSA) is 74.8 Å². The van der Waals surface area contributed by atoms with Gasteiger partial charge in [0.2, 0.25) is 5.91 Å². The van der Waals surface area contributed by atoms with Crippen molar-refractivity contribution < 1.29 is 9.53 Å². The summed E-state index contributed by atoms with van der Waals surface area (Å²) in [6.45, 7) is 9.01. The second-order valence-electron chi connectivity index (χ2n) is 5.41. The normalized spacial score (nSPS) is 20.1. The molecule has 0 aromatic carbocycles. The molecule has 122 valence electrons. The van der Waals surface area contributed by atoms with Crippen molar-refractivity contribution in [2.45, 2.75) is 58.6 Å². The fourth-order valence-corrected chi connectivity index (χ4v) is 2.07. The van der Waals surface area contributed by atoms with Gasteiger partial charge in [0.15, 0.2) is 5.96 Å². The van der Waals surface area contributed by atoms with Crippen molar-refractivity contribution in [1.82, 2.24) is 16.0 Å². The van der Waals surface area contributed by atoms with E-state index in [1.54, 1.807) is 0 Å². The molecule has 0 aromatic rings. The van der Waals surface area contributed by atoms with Gasteiger partial charge >= 0.3 is 0 Å². The maximum Gasteiger partial charge on any atom is 0.221 e. The molecule has 2 atom stereocenters. The third kappa shape index (κ3) is 7.90. The van der Waals surface area contributed by atoms with Gasteiger partial charge in [-0.15, -0.1) is 0 Å². The average Bonchev–Trinajstić information content (AvgIpc) is 2.97. The van der Waals surface area contributed by atoms with Crippen LogP contribution in [0.2, 0.25) is 0 Å². The van der Waals surface area contributed by atoms with E-state index in [9.17, 15) is 4.79 Å². The van der Waals surface area contributed by atoms with E-state index in [2.05, 4.69) is 27.9 Å². The lowest BCUT2D eigenvalue weighted by Gasteiger charge is -2.14. The Morgan fingerprint density at radius 2 is 2.19 bits per heavy atom. The lowest BCUT2D eigenvalue weighted by Crippen LogP contribution is -2.40. The Kier molecular flexibility index (Phi) is 8.82. The minimum Gasteiger partial charge on any atom is -0.376 e. The smallest absolute Gasteiger partial charge is 0.221 e. The van der Waals surface area contributed by atoms with Crippen molar-refractivity contribution in [3.05, 3.63) is 0 Å². The quantitative estimate of drug-likeness (QED) is 0.462. The predicted molar refractivity (Wildman–Crippen MR) is 85.5 cm³/mol. The van der Waals surface area contributed by atoms with Gasteiger partial charge in [-0.05, 0) is 33.1 Å². The summed E-state index contributed by atoms with van der Waals surface area (Å²) in [7, 11) is 0. The first-order valence-corrected chi connectivity index (χ1v) is 8.08. The van der Waals surface area contributed by atoms with Crippen molar-refractivity contribution in [3.63, 3.8) is 0 Å². The number of hydrogen-bond donors (Lipinski definition) is 3. The second kappa shape index (κ2) is 10.4. The van der Waals surface area contributed by atoms with Crippen LogP contribution in [0.1, 0.15) is 46.5 Å². The van der Waals surface area contributed by atoms with Gasteiger partial charge in [0.25, 0.3) is 0 Å². The van der Waals surface area contributed by atoms with E-state index in [1.807, 2.05) is 13.8 Å². The molecular weight excluding hydrogens is 268 g/mol. The molecule has 0 saturated carbocycles. The number of ether oxygens (including phenoxy) is 1. The fraction of sp³-hybridized carbons (Fsp3) is 0.867. The number of rotatable bonds is 8. The molecule has 3 N–H and O–H groups in total. The first kappa shape index (κ1) is 17.8. The highest BCUT2D eigenvalue weighted by molar-refractivity contribution is 5.81. The lowest BCUT2D eigenvalue weighted by molar-refractivity contribution is -0.121. The molecule has 1 aliphatic heterocycles. The molecule has 2 unspecified atom stereocenters. The molecule has 0 aliphatic carbocycles. The van der Waals surface area contributed by atoms with Crippen LogP contribution < -0.4 is 16.0 Å². The van der Waals surface area contributed by atoms with Crippen LogP contribution in [0.4, 0.5) is 0 Å². The Bertz CT molecular complexity index is 328. The first-order valence-electron chi connectivity index (χ1n) is 8.08. The molecule has 1 rings (SSSR count). The van der Waals surface area contributed by atoms with Crippen LogP contribution in [0.15, 0.2) is 4.99 Å². The molecule has 6 heteroatoms. The summed E-state index contributed by atoms with van der Waals surface area (Å²) in [5, 5.41) is 9.33. The van der Waals surface area contributed by atoms with Crippen LogP contribution in [-0.4, -0.2) is 50.3 Å². The molecule has 1 amide bonds. The molecule has 1 fully saturated rings. The third-order valence-electron chi connectivity index (χ3n) is 3.49. The van der Waals surface area contributed by atoms with Gasteiger partial charge in [0.05, 0.1) is 12.6 Å². The Morgan fingerprint density at radius 3 is 2.81 bits per heavy atom. The van der Waals surface area contributed by atoms with Crippen molar-refractivity contribution in [2.24, 2.45) is 4.99 Å². The van der Waals surface area contributed by atoms with Crippen LogP contribution in [-0.2, 0) is 9.53 Å². The maximum absolute atomic E-state index is 11.7. The molecule has 1 saturated heterocycles. The van der Waals surface area contributed by atoms with Crippen LogP contribution in [0.25, 0.3) is 0 Å². The number of nitrogens with one attached hydrogen (secondary N) is 3.